The van der Waals surface area contributed by atoms with Crippen LogP contribution in [-0.4, -0.2) is 24.3 Å². The summed E-state index contributed by atoms with van der Waals surface area (Å²) >= 11 is 0. The fourth-order valence-corrected chi connectivity index (χ4v) is 1.68. The molecule has 1 N–H and O–H groups in total. The third-order valence-corrected chi connectivity index (χ3v) is 2.54. The van der Waals surface area contributed by atoms with Crippen molar-refractivity contribution in [2.24, 2.45) is 0 Å². The molecule has 0 aromatic heterocycles. The highest BCUT2D eigenvalue weighted by molar-refractivity contribution is 5.67. The number of carboxylic acid groups (broad SMARTS) is 1. The summed E-state index contributed by atoms with van der Waals surface area (Å²) in [5.74, 6) is -0.966. The van der Waals surface area contributed by atoms with Crippen molar-refractivity contribution in [3.8, 4) is 11.5 Å². The summed E-state index contributed by atoms with van der Waals surface area (Å²) in [7, 11) is 0. The first-order valence-electron chi connectivity index (χ1n) is 5.47. The van der Waals surface area contributed by atoms with Gasteiger partial charge in [-0.1, -0.05) is 6.07 Å². The van der Waals surface area contributed by atoms with E-state index in [0.29, 0.717) is 30.9 Å². The molecule has 0 saturated heterocycles. The molecule has 0 bridgehead atoms. The zero-order valence-electron chi connectivity index (χ0n) is 9.24. The highest BCUT2D eigenvalue weighted by atomic mass is 19.1. The maximum Gasteiger partial charge on any atom is 0.303 e. The summed E-state index contributed by atoms with van der Waals surface area (Å²) in [4.78, 5) is 10.4. The van der Waals surface area contributed by atoms with Gasteiger partial charge in [0.05, 0.1) is 13.2 Å². The number of aliphatic carboxylic acids is 1. The van der Waals surface area contributed by atoms with Crippen LogP contribution in [0.1, 0.15) is 18.4 Å². The Balaban J connectivity index is 2.24. The summed E-state index contributed by atoms with van der Waals surface area (Å²) in [5.41, 5.74) is 0.344. The van der Waals surface area contributed by atoms with Crippen molar-refractivity contribution in [1.29, 1.82) is 0 Å². The maximum absolute atomic E-state index is 14.0. The molecule has 1 aromatic carbocycles. The van der Waals surface area contributed by atoms with Crippen LogP contribution in [0.3, 0.4) is 0 Å². The Morgan fingerprint density at radius 3 is 2.88 bits per heavy atom. The molecule has 0 amide bonds. The van der Waals surface area contributed by atoms with Crippen LogP contribution in [0.4, 0.5) is 4.39 Å². The molecule has 2 rings (SSSR count). The summed E-state index contributed by atoms with van der Waals surface area (Å²) in [6, 6.07) is 3.17. The van der Waals surface area contributed by atoms with Crippen molar-refractivity contribution >= 4 is 5.97 Å². The first-order valence-corrected chi connectivity index (χ1v) is 5.47. The number of benzene rings is 1. The Morgan fingerprint density at radius 2 is 2.12 bits per heavy atom. The standard InChI is InChI=1S/C12H13FO4/c13-11-8(3-5-10(14)15)2-4-9-12(11)17-7-1-6-16-9/h2,4H,1,3,5-7H2,(H,14,15). The number of rotatable bonds is 3. The largest absolute Gasteiger partial charge is 0.489 e. The molecule has 1 aliphatic rings. The Labute approximate surface area is 98.0 Å². The van der Waals surface area contributed by atoms with Gasteiger partial charge in [0.25, 0.3) is 0 Å². The van der Waals surface area contributed by atoms with Crippen LogP contribution in [0, 0.1) is 5.82 Å². The molecule has 17 heavy (non-hydrogen) atoms. The van der Waals surface area contributed by atoms with E-state index in [1.54, 1.807) is 12.1 Å². The van der Waals surface area contributed by atoms with Crippen molar-refractivity contribution in [3.63, 3.8) is 0 Å². The lowest BCUT2D eigenvalue weighted by Crippen LogP contribution is -2.02. The van der Waals surface area contributed by atoms with E-state index in [0.717, 1.165) is 0 Å². The lowest BCUT2D eigenvalue weighted by Gasteiger charge is -2.10. The zero-order valence-corrected chi connectivity index (χ0v) is 9.24. The minimum Gasteiger partial charge on any atom is -0.489 e. The minimum absolute atomic E-state index is 0.101. The summed E-state index contributed by atoms with van der Waals surface area (Å²) in [5, 5.41) is 8.57. The first-order chi connectivity index (χ1) is 8.18. The van der Waals surface area contributed by atoms with Gasteiger partial charge < -0.3 is 14.6 Å². The molecule has 1 aromatic rings. The molecule has 1 aliphatic heterocycles. The van der Waals surface area contributed by atoms with Gasteiger partial charge in [0, 0.05) is 12.8 Å². The Morgan fingerprint density at radius 1 is 1.35 bits per heavy atom. The molecule has 92 valence electrons. The number of ether oxygens (including phenoxy) is 2. The molecule has 0 spiro atoms. The Bertz CT molecular complexity index is 431. The van der Waals surface area contributed by atoms with E-state index >= 15 is 0 Å². The predicted octanol–water partition coefficient (Wildman–Crippen LogP) is 2.00. The van der Waals surface area contributed by atoms with Gasteiger partial charge >= 0.3 is 5.97 Å². The molecule has 5 heteroatoms. The average molecular weight is 240 g/mol. The number of hydrogen-bond acceptors (Lipinski definition) is 3. The van der Waals surface area contributed by atoms with E-state index in [9.17, 15) is 9.18 Å². The van der Waals surface area contributed by atoms with E-state index in [1.807, 2.05) is 0 Å². The minimum atomic E-state index is -0.948. The predicted molar refractivity (Wildman–Crippen MR) is 58.0 cm³/mol. The average Bonchev–Trinajstić information content (AvgIpc) is 2.53. The molecular formula is C12H13FO4. The van der Waals surface area contributed by atoms with Crippen molar-refractivity contribution in [3.05, 3.63) is 23.5 Å². The first kappa shape index (κ1) is 11.7. The Hall–Kier alpha value is -1.78. The van der Waals surface area contributed by atoms with Crippen LogP contribution < -0.4 is 9.47 Å². The van der Waals surface area contributed by atoms with Gasteiger partial charge in [0.2, 0.25) is 0 Å². The molecule has 0 saturated carbocycles. The number of hydrogen-bond donors (Lipinski definition) is 1. The van der Waals surface area contributed by atoms with Gasteiger partial charge in [-0.3, -0.25) is 4.79 Å². The fraction of sp³-hybridized carbons (Fsp3) is 0.417. The van der Waals surface area contributed by atoms with Crippen molar-refractivity contribution < 1.29 is 23.8 Å². The topological polar surface area (TPSA) is 55.8 Å². The normalized spacial score (nSPS) is 14.2. The maximum atomic E-state index is 14.0. The highest BCUT2D eigenvalue weighted by Crippen LogP contribution is 2.34. The van der Waals surface area contributed by atoms with Gasteiger partial charge in [0.15, 0.2) is 17.3 Å². The lowest BCUT2D eigenvalue weighted by molar-refractivity contribution is -0.136. The number of halogens is 1. The van der Waals surface area contributed by atoms with E-state index in [4.69, 9.17) is 14.6 Å². The van der Waals surface area contributed by atoms with E-state index < -0.39 is 11.8 Å². The van der Waals surface area contributed by atoms with Crippen LogP contribution in [0.25, 0.3) is 0 Å². The van der Waals surface area contributed by atoms with Crippen LogP contribution in [-0.2, 0) is 11.2 Å². The van der Waals surface area contributed by atoms with E-state index in [1.165, 1.54) is 0 Å². The molecule has 0 fully saturated rings. The molecule has 0 atom stereocenters. The molecule has 0 aliphatic carbocycles. The second kappa shape index (κ2) is 5.03. The second-order valence-corrected chi connectivity index (χ2v) is 3.81. The second-order valence-electron chi connectivity index (χ2n) is 3.81. The molecule has 0 unspecified atom stereocenters. The number of carbonyl (C=O) groups is 1. The molecule has 1 heterocycles. The zero-order chi connectivity index (χ0) is 12.3. The van der Waals surface area contributed by atoms with Crippen molar-refractivity contribution in [2.45, 2.75) is 19.3 Å². The third-order valence-electron chi connectivity index (χ3n) is 2.54. The summed E-state index contributed by atoms with van der Waals surface area (Å²) < 4.78 is 24.6. The quantitative estimate of drug-likeness (QED) is 0.878. The van der Waals surface area contributed by atoms with E-state index in [-0.39, 0.29) is 18.6 Å². The number of aryl methyl sites for hydroxylation is 1. The van der Waals surface area contributed by atoms with Crippen LogP contribution in [0.5, 0.6) is 11.5 Å². The SMILES string of the molecule is O=C(O)CCc1ccc2c(c1F)OCCCO2. The van der Waals surface area contributed by atoms with E-state index in [2.05, 4.69) is 0 Å². The van der Waals surface area contributed by atoms with Gasteiger partial charge in [0.1, 0.15) is 0 Å². The molecule has 4 nitrogen and oxygen atoms in total. The van der Waals surface area contributed by atoms with Crippen molar-refractivity contribution in [2.75, 3.05) is 13.2 Å². The van der Waals surface area contributed by atoms with Gasteiger partial charge in [-0.25, -0.2) is 4.39 Å². The molecule has 0 radical (unpaired) electrons. The van der Waals surface area contributed by atoms with Crippen LogP contribution >= 0.6 is 0 Å². The Kier molecular flexibility index (Phi) is 3.46. The summed E-state index contributed by atoms with van der Waals surface area (Å²) in [6.45, 7) is 0.910. The lowest BCUT2D eigenvalue weighted by atomic mass is 10.1. The van der Waals surface area contributed by atoms with Crippen molar-refractivity contribution in [1.82, 2.24) is 0 Å². The molecular weight excluding hydrogens is 227 g/mol. The number of fused-ring (bicyclic) bond motifs is 1. The summed E-state index contributed by atoms with van der Waals surface area (Å²) in [6.07, 6.45) is 0.757. The van der Waals surface area contributed by atoms with Crippen LogP contribution in [0.15, 0.2) is 12.1 Å². The van der Waals surface area contributed by atoms with Crippen LogP contribution in [0.2, 0.25) is 0 Å². The van der Waals surface area contributed by atoms with Gasteiger partial charge in [-0.2, -0.15) is 0 Å². The smallest absolute Gasteiger partial charge is 0.303 e. The fourth-order valence-electron chi connectivity index (χ4n) is 1.68. The van der Waals surface area contributed by atoms with Gasteiger partial charge in [-0.15, -0.1) is 0 Å². The highest BCUT2D eigenvalue weighted by Gasteiger charge is 2.18. The monoisotopic (exact) mass is 240 g/mol. The third kappa shape index (κ3) is 2.67. The number of carboxylic acids is 1. The van der Waals surface area contributed by atoms with Gasteiger partial charge in [-0.05, 0) is 18.1 Å².